The highest BCUT2D eigenvalue weighted by atomic mass is 16.3. The molecule has 0 aliphatic carbocycles. The normalized spacial score (nSPS) is 13.4. The van der Waals surface area contributed by atoms with Crippen molar-refractivity contribution in [1.29, 1.82) is 0 Å². The minimum absolute atomic E-state index is 0.144. The number of nitrogens with one attached hydrogen (secondary N) is 1. The Bertz CT molecular complexity index is 788. The van der Waals surface area contributed by atoms with E-state index in [1.54, 1.807) is 0 Å². The summed E-state index contributed by atoms with van der Waals surface area (Å²) in [6.45, 7) is 4.21. The SMILES string of the molecule is CCCCCCCCCCCC/C=C\CCCCCCCCCC(=O)NC(CO)C(O)C(O)CCCCCCCCCCCCCCCCCCCCCCC. The topological polar surface area (TPSA) is 89.8 Å². The Labute approximate surface area is 350 Å². The monoisotopic (exact) mass is 792 g/mol. The maximum absolute atomic E-state index is 12.5. The van der Waals surface area contributed by atoms with Gasteiger partial charge in [-0.2, -0.15) is 0 Å². The molecule has 0 spiro atoms. The number of unbranched alkanes of at least 4 members (excludes halogenated alkanes) is 37. The van der Waals surface area contributed by atoms with Crippen LogP contribution in [0, 0.1) is 0 Å². The Morgan fingerprint density at radius 2 is 0.714 bits per heavy atom. The molecule has 3 unspecified atom stereocenters. The van der Waals surface area contributed by atoms with Gasteiger partial charge in [-0.15, -0.1) is 0 Å². The van der Waals surface area contributed by atoms with Gasteiger partial charge in [-0.1, -0.05) is 251 Å². The molecule has 0 fully saturated rings. The van der Waals surface area contributed by atoms with Gasteiger partial charge in [-0.05, 0) is 38.5 Å². The largest absolute Gasteiger partial charge is 0.394 e. The van der Waals surface area contributed by atoms with Crippen molar-refractivity contribution >= 4 is 5.91 Å². The van der Waals surface area contributed by atoms with Crippen LogP contribution in [0.1, 0.15) is 284 Å². The zero-order chi connectivity index (χ0) is 40.8. The summed E-state index contributed by atoms with van der Waals surface area (Å²) in [6.07, 6.45) is 56.2. The zero-order valence-corrected chi connectivity index (χ0v) is 38.0. The van der Waals surface area contributed by atoms with Gasteiger partial charge in [-0.3, -0.25) is 4.79 Å². The third-order valence-electron chi connectivity index (χ3n) is 12.1. The van der Waals surface area contributed by atoms with Crippen molar-refractivity contribution in [2.45, 2.75) is 302 Å². The number of hydrogen-bond acceptors (Lipinski definition) is 4. The second kappa shape index (κ2) is 46.8. The quantitative estimate of drug-likeness (QED) is 0.0365. The highest BCUT2D eigenvalue weighted by molar-refractivity contribution is 5.76. The first-order chi connectivity index (χ1) is 27.6. The van der Waals surface area contributed by atoms with E-state index in [2.05, 4.69) is 31.3 Å². The van der Waals surface area contributed by atoms with Crippen LogP contribution in [0.25, 0.3) is 0 Å². The molecular weight excluding hydrogens is 691 g/mol. The lowest BCUT2D eigenvalue weighted by Crippen LogP contribution is -2.50. The highest BCUT2D eigenvalue weighted by Crippen LogP contribution is 2.17. The highest BCUT2D eigenvalue weighted by Gasteiger charge is 2.26. The molecule has 0 aliphatic rings. The van der Waals surface area contributed by atoms with E-state index in [0.717, 1.165) is 32.1 Å². The molecule has 1 amide bonds. The van der Waals surface area contributed by atoms with Gasteiger partial charge in [0, 0.05) is 6.42 Å². The van der Waals surface area contributed by atoms with E-state index in [1.807, 2.05) is 0 Å². The van der Waals surface area contributed by atoms with Crippen LogP contribution in [0.15, 0.2) is 12.2 Å². The standard InChI is InChI=1S/C51H101NO4/c1-3-5-7-9-11-13-15-17-19-21-23-25-27-29-31-33-35-37-39-41-43-45-49(54)51(56)48(47-53)52-50(55)46-44-42-40-38-36-34-32-30-28-26-24-22-20-18-16-14-12-10-8-6-4-2/h26,28,48-49,51,53-54,56H,3-25,27,29-47H2,1-2H3,(H,52,55)/b28-26-. The molecule has 3 atom stereocenters. The molecule has 334 valence electrons. The average molecular weight is 792 g/mol. The summed E-state index contributed by atoms with van der Waals surface area (Å²) in [6, 6.07) is -0.809. The summed E-state index contributed by atoms with van der Waals surface area (Å²) in [7, 11) is 0. The second-order valence-corrected chi connectivity index (χ2v) is 17.7. The summed E-state index contributed by atoms with van der Waals surface area (Å²) in [4.78, 5) is 12.5. The number of carbonyl (C=O) groups is 1. The van der Waals surface area contributed by atoms with Crippen LogP contribution >= 0.6 is 0 Å². The molecule has 0 saturated heterocycles. The van der Waals surface area contributed by atoms with E-state index in [0.29, 0.717) is 12.8 Å². The average Bonchev–Trinajstić information content (AvgIpc) is 3.20. The third kappa shape index (κ3) is 41.3. The summed E-state index contributed by atoms with van der Waals surface area (Å²) in [5.74, 6) is -0.144. The lowest BCUT2D eigenvalue weighted by molar-refractivity contribution is -0.124. The first kappa shape index (κ1) is 55.1. The first-order valence-electron chi connectivity index (χ1n) is 25.5. The molecule has 0 rings (SSSR count). The van der Waals surface area contributed by atoms with Gasteiger partial charge in [0.1, 0.15) is 6.10 Å². The molecule has 0 aliphatic heterocycles. The molecule has 5 heteroatoms. The van der Waals surface area contributed by atoms with Crippen molar-refractivity contribution in [2.75, 3.05) is 6.61 Å². The smallest absolute Gasteiger partial charge is 0.220 e. The molecule has 5 nitrogen and oxygen atoms in total. The van der Waals surface area contributed by atoms with Crippen LogP contribution in [0.3, 0.4) is 0 Å². The molecule has 0 radical (unpaired) electrons. The lowest BCUT2D eigenvalue weighted by Gasteiger charge is -2.26. The lowest BCUT2D eigenvalue weighted by atomic mass is 9.99. The fourth-order valence-corrected chi connectivity index (χ4v) is 8.16. The number of aliphatic hydroxyl groups is 3. The Hall–Kier alpha value is -0.910. The molecule has 0 heterocycles. The maximum atomic E-state index is 12.5. The van der Waals surface area contributed by atoms with Gasteiger partial charge >= 0.3 is 0 Å². The number of carbonyl (C=O) groups excluding carboxylic acids is 1. The number of allylic oxidation sites excluding steroid dienone is 2. The molecule has 0 saturated carbocycles. The Kier molecular flexibility index (Phi) is 46.0. The molecule has 0 aromatic heterocycles. The zero-order valence-electron chi connectivity index (χ0n) is 38.0. The summed E-state index contributed by atoms with van der Waals surface area (Å²) < 4.78 is 0. The summed E-state index contributed by atoms with van der Waals surface area (Å²) in [5.41, 5.74) is 0. The van der Waals surface area contributed by atoms with Crippen molar-refractivity contribution in [3.05, 3.63) is 12.2 Å². The van der Waals surface area contributed by atoms with Crippen LogP contribution in [-0.2, 0) is 4.79 Å². The fraction of sp³-hybridized carbons (Fsp3) is 0.941. The Balaban J connectivity index is 3.56. The fourth-order valence-electron chi connectivity index (χ4n) is 8.16. The van der Waals surface area contributed by atoms with Gasteiger partial charge < -0.3 is 20.6 Å². The van der Waals surface area contributed by atoms with E-state index in [-0.39, 0.29) is 12.5 Å². The van der Waals surface area contributed by atoms with Crippen molar-refractivity contribution in [3.63, 3.8) is 0 Å². The van der Waals surface area contributed by atoms with Crippen LogP contribution < -0.4 is 5.32 Å². The van der Waals surface area contributed by atoms with Gasteiger partial charge in [0.2, 0.25) is 5.91 Å². The van der Waals surface area contributed by atoms with Crippen molar-refractivity contribution in [3.8, 4) is 0 Å². The molecule has 0 aromatic carbocycles. The predicted molar refractivity (Wildman–Crippen MR) is 245 cm³/mol. The summed E-state index contributed by atoms with van der Waals surface area (Å²) in [5, 5.41) is 33.7. The Morgan fingerprint density at radius 3 is 1.04 bits per heavy atom. The third-order valence-corrected chi connectivity index (χ3v) is 12.1. The first-order valence-corrected chi connectivity index (χ1v) is 25.5. The number of hydrogen-bond donors (Lipinski definition) is 4. The van der Waals surface area contributed by atoms with E-state index in [1.165, 1.54) is 225 Å². The summed E-state index contributed by atoms with van der Waals surface area (Å²) >= 11 is 0. The minimum atomic E-state index is -1.14. The minimum Gasteiger partial charge on any atom is -0.394 e. The molecule has 56 heavy (non-hydrogen) atoms. The van der Waals surface area contributed by atoms with E-state index >= 15 is 0 Å². The van der Waals surface area contributed by atoms with Gasteiger partial charge in [0.25, 0.3) is 0 Å². The number of rotatable bonds is 47. The van der Waals surface area contributed by atoms with Crippen molar-refractivity contribution < 1.29 is 20.1 Å². The van der Waals surface area contributed by atoms with E-state index < -0.39 is 18.2 Å². The number of aliphatic hydroxyl groups excluding tert-OH is 3. The molecule has 0 aromatic rings. The second-order valence-electron chi connectivity index (χ2n) is 17.7. The van der Waals surface area contributed by atoms with Gasteiger partial charge in [0.05, 0.1) is 18.8 Å². The number of amides is 1. The molecular formula is C51H101NO4. The van der Waals surface area contributed by atoms with Gasteiger partial charge in [-0.25, -0.2) is 0 Å². The maximum Gasteiger partial charge on any atom is 0.220 e. The molecule has 4 N–H and O–H groups in total. The van der Waals surface area contributed by atoms with Crippen molar-refractivity contribution in [2.24, 2.45) is 0 Å². The Morgan fingerprint density at radius 1 is 0.429 bits per heavy atom. The van der Waals surface area contributed by atoms with Crippen LogP contribution in [0.5, 0.6) is 0 Å². The van der Waals surface area contributed by atoms with Crippen molar-refractivity contribution in [1.82, 2.24) is 5.32 Å². The van der Waals surface area contributed by atoms with E-state index in [9.17, 15) is 20.1 Å². The van der Waals surface area contributed by atoms with Crippen LogP contribution in [-0.4, -0.2) is 46.1 Å². The van der Waals surface area contributed by atoms with Crippen LogP contribution in [0.4, 0.5) is 0 Å². The predicted octanol–water partition coefficient (Wildman–Crippen LogP) is 15.2. The molecule has 0 bridgehead atoms. The van der Waals surface area contributed by atoms with E-state index in [4.69, 9.17) is 0 Å². The van der Waals surface area contributed by atoms with Gasteiger partial charge in [0.15, 0.2) is 0 Å². The van der Waals surface area contributed by atoms with Crippen LogP contribution in [0.2, 0.25) is 0 Å².